The van der Waals surface area contributed by atoms with Gasteiger partial charge < -0.3 is 15.5 Å². The van der Waals surface area contributed by atoms with Crippen molar-refractivity contribution in [2.45, 2.75) is 18.8 Å². The van der Waals surface area contributed by atoms with Crippen LogP contribution in [0.1, 0.15) is 29.0 Å². The molecule has 2 amide bonds. The van der Waals surface area contributed by atoms with Crippen molar-refractivity contribution < 1.29 is 4.79 Å². The highest BCUT2D eigenvalue weighted by Crippen LogP contribution is 2.28. The van der Waals surface area contributed by atoms with Gasteiger partial charge >= 0.3 is 6.03 Å². The van der Waals surface area contributed by atoms with E-state index in [1.807, 2.05) is 23.1 Å². The van der Waals surface area contributed by atoms with E-state index < -0.39 is 0 Å². The molecule has 1 fully saturated rings. The Bertz CT molecular complexity index is 1040. The average molecular weight is 497 g/mol. The van der Waals surface area contributed by atoms with E-state index in [9.17, 15) is 4.79 Å². The lowest BCUT2D eigenvalue weighted by atomic mass is 9.88. The molecule has 0 saturated carbocycles. The van der Waals surface area contributed by atoms with E-state index in [2.05, 4.69) is 94.9 Å². The molecule has 0 spiro atoms. The molecule has 1 aliphatic heterocycles. The molecule has 0 radical (unpaired) electrons. The highest BCUT2D eigenvalue weighted by atomic mass is 16.2. The number of urea groups is 1. The minimum Gasteiger partial charge on any atom is -0.338 e. The van der Waals surface area contributed by atoms with Crippen molar-refractivity contribution in [1.29, 1.82) is 0 Å². The molecule has 0 aliphatic carbocycles. The quantitative estimate of drug-likeness (QED) is 0.350. The maximum absolute atomic E-state index is 13.4. The molecule has 4 rings (SSSR count). The van der Waals surface area contributed by atoms with E-state index >= 15 is 0 Å². The molecule has 37 heavy (non-hydrogen) atoms. The van der Waals surface area contributed by atoms with Gasteiger partial charge in [-0.05, 0) is 35.1 Å². The van der Waals surface area contributed by atoms with Gasteiger partial charge in [0.1, 0.15) is 0 Å². The van der Waals surface area contributed by atoms with Crippen LogP contribution in [0.25, 0.3) is 0 Å². The van der Waals surface area contributed by atoms with Crippen LogP contribution in [0.2, 0.25) is 0 Å². The van der Waals surface area contributed by atoms with Gasteiger partial charge in [-0.15, -0.1) is 0 Å². The third-order valence-electron chi connectivity index (χ3n) is 6.98. The van der Waals surface area contributed by atoms with Crippen molar-refractivity contribution in [2.75, 3.05) is 52.4 Å². The molecule has 3 aromatic carbocycles. The number of carbonyl (C=O) groups is 1. The molecule has 1 aliphatic rings. The highest BCUT2D eigenvalue weighted by molar-refractivity contribution is 5.74. The Hall–Kier alpha value is -3.41. The second-order valence-corrected chi connectivity index (χ2v) is 9.83. The Morgan fingerprint density at radius 3 is 2.05 bits per heavy atom. The SMILES string of the molecule is C=C(CN1CCNCC1)CN(CCC(c1ccccc1)c1ccccc1)C(=O)NCCc1ccccc1. The number of benzene rings is 3. The molecule has 0 bridgehead atoms. The zero-order valence-corrected chi connectivity index (χ0v) is 21.8. The molecule has 2 N–H and O–H groups in total. The lowest BCUT2D eigenvalue weighted by Crippen LogP contribution is -2.46. The Morgan fingerprint density at radius 1 is 0.892 bits per heavy atom. The summed E-state index contributed by atoms with van der Waals surface area (Å²) in [5.41, 5.74) is 4.86. The van der Waals surface area contributed by atoms with E-state index in [0.717, 1.165) is 51.1 Å². The lowest BCUT2D eigenvalue weighted by molar-refractivity contribution is 0.197. The maximum Gasteiger partial charge on any atom is 0.317 e. The third kappa shape index (κ3) is 8.59. The van der Waals surface area contributed by atoms with Crippen molar-refractivity contribution in [2.24, 2.45) is 0 Å². The standard InChI is InChI=1S/C32H40N4O/c1-27(25-35-23-20-33-21-24-35)26-36(32(37)34-19-17-28-11-5-2-6-12-28)22-18-31(29-13-7-3-8-14-29)30-15-9-4-10-16-30/h2-16,31,33H,1,17-26H2,(H,34,37). The minimum absolute atomic E-state index is 0.0164. The van der Waals surface area contributed by atoms with Gasteiger partial charge in [0.25, 0.3) is 0 Å². The second-order valence-electron chi connectivity index (χ2n) is 9.83. The fourth-order valence-electron chi connectivity index (χ4n) is 5.01. The summed E-state index contributed by atoms with van der Waals surface area (Å²) in [7, 11) is 0. The summed E-state index contributed by atoms with van der Waals surface area (Å²) in [6, 6.07) is 31.5. The molecular weight excluding hydrogens is 456 g/mol. The van der Waals surface area contributed by atoms with Crippen LogP contribution in [0.5, 0.6) is 0 Å². The number of piperazine rings is 1. The van der Waals surface area contributed by atoms with E-state index in [1.165, 1.54) is 16.7 Å². The van der Waals surface area contributed by atoms with Crippen molar-refractivity contribution in [3.05, 3.63) is 120 Å². The average Bonchev–Trinajstić information content (AvgIpc) is 2.95. The molecule has 0 unspecified atom stereocenters. The predicted molar refractivity (Wildman–Crippen MR) is 153 cm³/mol. The molecule has 194 valence electrons. The van der Waals surface area contributed by atoms with Crippen LogP contribution in [0.3, 0.4) is 0 Å². The van der Waals surface area contributed by atoms with Crippen LogP contribution in [-0.4, -0.2) is 68.2 Å². The molecule has 0 aromatic heterocycles. The Kier molecular flexibility index (Phi) is 10.3. The third-order valence-corrected chi connectivity index (χ3v) is 6.98. The fraction of sp³-hybridized carbons (Fsp3) is 0.344. The number of amides is 2. The summed E-state index contributed by atoms with van der Waals surface area (Å²) in [5, 5.41) is 6.57. The number of nitrogens with one attached hydrogen (secondary N) is 2. The first-order chi connectivity index (χ1) is 18.2. The van der Waals surface area contributed by atoms with Gasteiger partial charge in [0, 0.05) is 58.3 Å². The molecule has 5 nitrogen and oxygen atoms in total. The van der Waals surface area contributed by atoms with Crippen LogP contribution < -0.4 is 10.6 Å². The van der Waals surface area contributed by atoms with E-state index in [1.54, 1.807) is 0 Å². The van der Waals surface area contributed by atoms with Gasteiger partial charge in [-0.25, -0.2) is 4.79 Å². The summed E-state index contributed by atoms with van der Waals surface area (Å²) in [6.07, 6.45) is 1.67. The van der Waals surface area contributed by atoms with Crippen LogP contribution >= 0.6 is 0 Å². The van der Waals surface area contributed by atoms with Crippen LogP contribution in [-0.2, 0) is 6.42 Å². The van der Waals surface area contributed by atoms with E-state index in [-0.39, 0.29) is 11.9 Å². The first kappa shape index (κ1) is 26.6. The topological polar surface area (TPSA) is 47.6 Å². The van der Waals surface area contributed by atoms with Crippen LogP contribution in [0.15, 0.2) is 103 Å². The van der Waals surface area contributed by atoms with Gasteiger partial charge in [-0.2, -0.15) is 0 Å². The summed E-state index contributed by atoms with van der Waals surface area (Å²) in [6.45, 7) is 11.1. The van der Waals surface area contributed by atoms with E-state index in [4.69, 9.17) is 0 Å². The van der Waals surface area contributed by atoms with Gasteiger partial charge in [0.2, 0.25) is 0 Å². The number of hydrogen-bond donors (Lipinski definition) is 2. The summed E-state index contributed by atoms with van der Waals surface area (Å²) in [5.74, 6) is 0.225. The van der Waals surface area contributed by atoms with Gasteiger partial charge in [-0.3, -0.25) is 4.90 Å². The van der Waals surface area contributed by atoms with Crippen molar-refractivity contribution in [1.82, 2.24) is 20.4 Å². The first-order valence-corrected chi connectivity index (χ1v) is 13.5. The van der Waals surface area contributed by atoms with Crippen LogP contribution in [0, 0.1) is 0 Å². The first-order valence-electron chi connectivity index (χ1n) is 13.5. The fourth-order valence-corrected chi connectivity index (χ4v) is 5.01. The zero-order valence-electron chi connectivity index (χ0n) is 21.8. The number of nitrogens with zero attached hydrogens (tertiary/aromatic N) is 2. The Balaban J connectivity index is 1.42. The molecular formula is C32H40N4O. The summed E-state index contributed by atoms with van der Waals surface area (Å²) >= 11 is 0. The molecule has 5 heteroatoms. The van der Waals surface area contributed by atoms with Crippen molar-refractivity contribution in [3.8, 4) is 0 Å². The number of hydrogen-bond acceptors (Lipinski definition) is 3. The number of rotatable bonds is 12. The minimum atomic E-state index is -0.0164. The molecule has 1 saturated heterocycles. The Morgan fingerprint density at radius 2 is 1.46 bits per heavy atom. The Labute approximate surface area is 222 Å². The molecule has 0 atom stereocenters. The van der Waals surface area contributed by atoms with Crippen LogP contribution in [0.4, 0.5) is 4.79 Å². The van der Waals surface area contributed by atoms with Gasteiger partial charge in [0.15, 0.2) is 0 Å². The second kappa shape index (κ2) is 14.4. The van der Waals surface area contributed by atoms with Gasteiger partial charge in [-0.1, -0.05) is 97.6 Å². The predicted octanol–water partition coefficient (Wildman–Crippen LogP) is 4.92. The summed E-state index contributed by atoms with van der Waals surface area (Å²) < 4.78 is 0. The molecule has 3 aromatic rings. The summed E-state index contributed by atoms with van der Waals surface area (Å²) in [4.78, 5) is 17.8. The normalized spacial score (nSPS) is 13.9. The lowest BCUT2D eigenvalue weighted by Gasteiger charge is -2.31. The monoisotopic (exact) mass is 496 g/mol. The van der Waals surface area contributed by atoms with E-state index in [0.29, 0.717) is 19.6 Å². The van der Waals surface area contributed by atoms with Crippen molar-refractivity contribution >= 4 is 6.03 Å². The largest absolute Gasteiger partial charge is 0.338 e. The maximum atomic E-state index is 13.4. The van der Waals surface area contributed by atoms with Gasteiger partial charge in [0.05, 0.1) is 0 Å². The zero-order chi connectivity index (χ0) is 25.7. The highest BCUT2D eigenvalue weighted by Gasteiger charge is 2.20. The molecule has 1 heterocycles. The van der Waals surface area contributed by atoms with Crippen molar-refractivity contribution in [3.63, 3.8) is 0 Å². The smallest absolute Gasteiger partial charge is 0.317 e. The number of carbonyl (C=O) groups excluding carboxylic acids is 1.